The summed E-state index contributed by atoms with van der Waals surface area (Å²) in [4.78, 5) is 24.2. The molecule has 8 heteroatoms. The van der Waals surface area contributed by atoms with Gasteiger partial charge in [-0.25, -0.2) is 4.68 Å². The van der Waals surface area contributed by atoms with Crippen molar-refractivity contribution in [2.75, 3.05) is 6.54 Å². The molecule has 2 aromatic rings. The fourth-order valence-electron chi connectivity index (χ4n) is 2.96. The molecule has 0 saturated carbocycles. The molecule has 1 fully saturated rings. The van der Waals surface area contributed by atoms with Gasteiger partial charge >= 0.3 is 0 Å². The van der Waals surface area contributed by atoms with Gasteiger partial charge in [0.25, 0.3) is 11.8 Å². The number of hydrogen-bond donors (Lipinski definition) is 3. The summed E-state index contributed by atoms with van der Waals surface area (Å²) in [5, 5.41) is 10.6. The van der Waals surface area contributed by atoms with Crippen LogP contribution in [-0.4, -0.2) is 40.2 Å². The molecule has 1 saturated heterocycles. The summed E-state index contributed by atoms with van der Waals surface area (Å²) in [6.45, 7) is 2.96. The van der Waals surface area contributed by atoms with Crippen LogP contribution in [0.4, 0.5) is 0 Å². The molecule has 2 amide bonds. The number of carbonyl (C=O) groups is 2. The van der Waals surface area contributed by atoms with Crippen molar-refractivity contribution in [1.29, 1.82) is 0 Å². The maximum atomic E-state index is 12.5. The minimum Gasteiger partial charge on any atom is -0.364 e. The zero-order valence-corrected chi connectivity index (χ0v) is 14.8. The molecule has 1 aromatic carbocycles. The van der Waals surface area contributed by atoms with Crippen LogP contribution in [0.1, 0.15) is 40.7 Å². The summed E-state index contributed by atoms with van der Waals surface area (Å²) in [5.74, 6) is -0.910. The van der Waals surface area contributed by atoms with Crippen LogP contribution in [0, 0.1) is 0 Å². The summed E-state index contributed by atoms with van der Waals surface area (Å²) < 4.78 is 1.41. The monoisotopic (exact) mass is 363 g/mol. The quantitative estimate of drug-likeness (QED) is 0.761. The van der Waals surface area contributed by atoms with E-state index in [4.69, 9.17) is 5.73 Å². The number of primary amides is 1. The summed E-state index contributed by atoms with van der Waals surface area (Å²) >= 11 is 0. The molecule has 0 radical (unpaired) electrons. The van der Waals surface area contributed by atoms with Gasteiger partial charge in [0.1, 0.15) is 5.69 Å². The van der Waals surface area contributed by atoms with E-state index in [2.05, 4.69) is 22.7 Å². The first-order valence-corrected chi connectivity index (χ1v) is 8.04. The Morgan fingerprint density at radius 3 is 2.68 bits per heavy atom. The van der Waals surface area contributed by atoms with E-state index in [1.807, 2.05) is 18.2 Å². The van der Waals surface area contributed by atoms with E-state index < -0.39 is 5.91 Å². The Labute approximate surface area is 152 Å². The molecule has 1 aliphatic heterocycles. The van der Waals surface area contributed by atoms with Gasteiger partial charge in [0.15, 0.2) is 5.69 Å². The number of nitrogens with two attached hydrogens (primary N) is 1. The number of benzene rings is 1. The number of aromatic nitrogens is 2. The number of carbonyl (C=O) groups excluding carboxylic acids is 2. The first-order valence-electron chi connectivity index (χ1n) is 8.04. The van der Waals surface area contributed by atoms with Crippen LogP contribution in [0.3, 0.4) is 0 Å². The van der Waals surface area contributed by atoms with Crippen molar-refractivity contribution >= 4 is 24.2 Å². The van der Waals surface area contributed by atoms with Crippen molar-refractivity contribution < 1.29 is 9.59 Å². The van der Waals surface area contributed by atoms with Crippen molar-refractivity contribution in [2.45, 2.75) is 31.8 Å². The SMILES string of the molecule is CC1CC(NC(=O)c2cc(C(N)=O)n(-c3ccccc3)n2)CCN1.Cl. The summed E-state index contributed by atoms with van der Waals surface area (Å²) in [7, 11) is 0. The van der Waals surface area contributed by atoms with E-state index >= 15 is 0 Å². The molecule has 7 nitrogen and oxygen atoms in total. The normalized spacial score (nSPS) is 19.7. The molecule has 2 atom stereocenters. The van der Waals surface area contributed by atoms with Gasteiger partial charge in [0.05, 0.1) is 5.69 Å². The first kappa shape index (κ1) is 19.0. The topological polar surface area (TPSA) is 102 Å². The third-order valence-corrected chi connectivity index (χ3v) is 4.15. The zero-order chi connectivity index (χ0) is 17.1. The molecule has 1 aliphatic rings. The average molecular weight is 364 g/mol. The summed E-state index contributed by atoms with van der Waals surface area (Å²) in [6, 6.07) is 11.0. The van der Waals surface area contributed by atoms with Gasteiger partial charge in [-0.3, -0.25) is 9.59 Å². The van der Waals surface area contributed by atoms with Crippen molar-refractivity contribution in [1.82, 2.24) is 20.4 Å². The van der Waals surface area contributed by atoms with Crippen LogP contribution in [0.5, 0.6) is 0 Å². The molecule has 3 rings (SSSR count). The predicted molar refractivity (Wildman–Crippen MR) is 97.3 cm³/mol. The summed E-state index contributed by atoms with van der Waals surface area (Å²) in [5.41, 5.74) is 6.49. The smallest absolute Gasteiger partial charge is 0.272 e. The van der Waals surface area contributed by atoms with Crippen LogP contribution in [0.25, 0.3) is 5.69 Å². The molecule has 2 unspecified atom stereocenters. The van der Waals surface area contributed by atoms with Gasteiger partial charge in [0, 0.05) is 18.2 Å². The van der Waals surface area contributed by atoms with Crippen LogP contribution >= 0.6 is 12.4 Å². The number of nitrogens with one attached hydrogen (secondary N) is 2. The first-order chi connectivity index (χ1) is 11.5. The van der Waals surface area contributed by atoms with Gasteiger partial charge in [-0.1, -0.05) is 18.2 Å². The molecule has 0 aliphatic carbocycles. The third kappa shape index (κ3) is 4.37. The van der Waals surface area contributed by atoms with E-state index in [1.54, 1.807) is 12.1 Å². The van der Waals surface area contributed by atoms with E-state index in [-0.39, 0.29) is 35.7 Å². The average Bonchev–Trinajstić information content (AvgIpc) is 3.01. The Kier molecular flexibility index (Phi) is 6.17. The molecule has 0 spiro atoms. The second kappa shape index (κ2) is 8.13. The van der Waals surface area contributed by atoms with E-state index in [9.17, 15) is 9.59 Å². The van der Waals surface area contributed by atoms with Crippen LogP contribution in [0.2, 0.25) is 0 Å². The van der Waals surface area contributed by atoms with E-state index in [1.165, 1.54) is 10.7 Å². The van der Waals surface area contributed by atoms with Crippen LogP contribution in [-0.2, 0) is 0 Å². The van der Waals surface area contributed by atoms with Crippen molar-refractivity contribution in [2.24, 2.45) is 5.73 Å². The molecule has 0 bridgehead atoms. The molecular weight excluding hydrogens is 342 g/mol. The lowest BCUT2D eigenvalue weighted by atomic mass is 10.0. The fraction of sp³-hybridized carbons (Fsp3) is 0.353. The van der Waals surface area contributed by atoms with E-state index in [0.717, 1.165) is 19.4 Å². The second-order valence-corrected chi connectivity index (χ2v) is 6.08. The Morgan fingerprint density at radius 2 is 2.04 bits per heavy atom. The number of halogens is 1. The fourth-order valence-corrected chi connectivity index (χ4v) is 2.96. The predicted octanol–water partition coefficient (Wildman–Crippen LogP) is 1.26. The number of para-hydroxylation sites is 1. The number of piperidine rings is 1. The number of rotatable bonds is 4. The Hall–Kier alpha value is -2.38. The highest BCUT2D eigenvalue weighted by Gasteiger charge is 2.23. The molecule has 2 heterocycles. The van der Waals surface area contributed by atoms with Gasteiger partial charge < -0.3 is 16.4 Å². The minimum atomic E-state index is -0.624. The molecular formula is C17H22ClN5O2. The van der Waals surface area contributed by atoms with Crippen molar-refractivity contribution in [3.05, 3.63) is 47.8 Å². The van der Waals surface area contributed by atoms with Gasteiger partial charge in [-0.15, -0.1) is 12.4 Å². The van der Waals surface area contributed by atoms with Crippen LogP contribution in [0.15, 0.2) is 36.4 Å². The number of amides is 2. The van der Waals surface area contributed by atoms with Crippen molar-refractivity contribution in [3.8, 4) is 5.69 Å². The molecule has 134 valence electrons. The molecule has 1 aromatic heterocycles. The third-order valence-electron chi connectivity index (χ3n) is 4.15. The highest BCUT2D eigenvalue weighted by Crippen LogP contribution is 2.14. The maximum absolute atomic E-state index is 12.5. The number of nitrogens with zero attached hydrogens (tertiary/aromatic N) is 2. The Balaban J connectivity index is 0.00000225. The summed E-state index contributed by atoms with van der Waals surface area (Å²) in [6.07, 6.45) is 1.74. The standard InChI is InChI=1S/C17H21N5O2.ClH/c1-11-9-12(7-8-19-11)20-17(24)14-10-15(16(18)23)22(21-14)13-5-3-2-4-6-13;/h2-6,10-12,19H,7-9H2,1H3,(H2,18,23)(H,20,24);1H. The van der Waals surface area contributed by atoms with Gasteiger partial charge in [-0.2, -0.15) is 5.10 Å². The lowest BCUT2D eigenvalue weighted by Gasteiger charge is -2.28. The Bertz CT molecular complexity index is 747. The highest BCUT2D eigenvalue weighted by molar-refractivity contribution is 5.97. The number of hydrogen-bond acceptors (Lipinski definition) is 4. The van der Waals surface area contributed by atoms with Gasteiger partial charge in [-0.05, 0) is 38.4 Å². The second-order valence-electron chi connectivity index (χ2n) is 6.08. The van der Waals surface area contributed by atoms with E-state index in [0.29, 0.717) is 11.7 Å². The molecule has 4 N–H and O–H groups in total. The maximum Gasteiger partial charge on any atom is 0.272 e. The Morgan fingerprint density at radius 1 is 1.32 bits per heavy atom. The van der Waals surface area contributed by atoms with Crippen LogP contribution < -0.4 is 16.4 Å². The van der Waals surface area contributed by atoms with Crippen molar-refractivity contribution in [3.63, 3.8) is 0 Å². The largest absolute Gasteiger partial charge is 0.364 e. The lowest BCUT2D eigenvalue weighted by Crippen LogP contribution is -2.46. The lowest BCUT2D eigenvalue weighted by molar-refractivity contribution is 0.0919. The van der Waals surface area contributed by atoms with Gasteiger partial charge in [0.2, 0.25) is 0 Å². The zero-order valence-electron chi connectivity index (χ0n) is 13.9. The highest BCUT2D eigenvalue weighted by atomic mass is 35.5. The molecule has 25 heavy (non-hydrogen) atoms. The minimum absolute atomic E-state index is 0.